The number of rotatable bonds is 4. The van der Waals surface area contributed by atoms with E-state index in [0.717, 1.165) is 24.8 Å². The fraction of sp³-hybridized carbons (Fsp3) is 0.562. The summed E-state index contributed by atoms with van der Waals surface area (Å²) < 4.78 is 0. The van der Waals surface area contributed by atoms with Crippen molar-refractivity contribution in [3.05, 3.63) is 35.9 Å². The van der Waals surface area contributed by atoms with Gasteiger partial charge in [0.1, 0.15) is 0 Å². The lowest BCUT2D eigenvalue weighted by atomic mass is 9.82. The van der Waals surface area contributed by atoms with E-state index in [1.165, 1.54) is 6.42 Å². The Labute approximate surface area is 115 Å². The van der Waals surface area contributed by atoms with Crippen molar-refractivity contribution in [2.24, 2.45) is 11.8 Å². The molecule has 0 bridgehead atoms. The third-order valence-electron chi connectivity index (χ3n) is 4.01. The summed E-state index contributed by atoms with van der Waals surface area (Å²) in [6, 6.07) is 9.36. The van der Waals surface area contributed by atoms with Crippen LogP contribution in [0, 0.1) is 11.8 Å². The molecule has 1 aromatic carbocycles. The van der Waals surface area contributed by atoms with Gasteiger partial charge in [0.15, 0.2) is 0 Å². The Morgan fingerprint density at radius 1 is 1.37 bits per heavy atom. The minimum atomic E-state index is -0.286. The molecule has 1 aliphatic rings. The van der Waals surface area contributed by atoms with Crippen LogP contribution >= 0.6 is 0 Å². The van der Waals surface area contributed by atoms with E-state index in [4.69, 9.17) is 0 Å². The van der Waals surface area contributed by atoms with Crippen LogP contribution in [0.25, 0.3) is 0 Å². The van der Waals surface area contributed by atoms with Crippen LogP contribution in [0.1, 0.15) is 44.2 Å². The second-order valence-corrected chi connectivity index (χ2v) is 5.62. The number of carbonyl (C=O) groups is 1. The zero-order chi connectivity index (χ0) is 13.7. The van der Waals surface area contributed by atoms with Crippen LogP contribution in [0.5, 0.6) is 0 Å². The third-order valence-corrected chi connectivity index (χ3v) is 4.01. The zero-order valence-corrected chi connectivity index (χ0v) is 11.5. The number of carbonyl (C=O) groups excluding carboxylic acids is 1. The maximum atomic E-state index is 12.3. The highest BCUT2D eigenvalue weighted by Crippen LogP contribution is 2.29. The van der Waals surface area contributed by atoms with Gasteiger partial charge in [-0.25, -0.2) is 0 Å². The van der Waals surface area contributed by atoms with Crippen LogP contribution in [-0.2, 0) is 4.79 Å². The maximum absolute atomic E-state index is 12.3. The largest absolute Gasteiger partial charge is 0.394 e. The Balaban J connectivity index is 1.96. The molecule has 1 amide bonds. The maximum Gasteiger partial charge on any atom is 0.223 e. The van der Waals surface area contributed by atoms with Gasteiger partial charge in [0.25, 0.3) is 0 Å². The van der Waals surface area contributed by atoms with Crippen molar-refractivity contribution in [3.63, 3.8) is 0 Å². The summed E-state index contributed by atoms with van der Waals surface area (Å²) in [4.78, 5) is 12.3. The van der Waals surface area contributed by atoms with Gasteiger partial charge in [0.2, 0.25) is 5.91 Å². The Bertz CT molecular complexity index is 404. The highest BCUT2D eigenvalue weighted by molar-refractivity contribution is 5.79. The molecule has 19 heavy (non-hydrogen) atoms. The molecular weight excluding hydrogens is 238 g/mol. The first kappa shape index (κ1) is 14.1. The second kappa shape index (κ2) is 6.71. The summed E-state index contributed by atoms with van der Waals surface area (Å²) in [7, 11) is 0. The minimum absolute atomic E-state index is 0.0575. The number of amides is 1. The summed E-state index contributed by atoms with van der Waals surface area (Å²) >= 11 is 0. The fourth-order valence-electron chi connectivity index (χ4n) is 2.88. The van der Waals surface area contributed by atoms with Gasteiger partial charge in [-0.15, -0.1) is 0 Å². The first-order valence-electron chi connectivity index (χ1n) is 7.17. The van der Waals surface area contributed by atoms with E-state index in [9.17, 15) is 9.90 Å². The molecule has 1 fully saturated rings. The van der Waals surface area contributed by atoms with Gasteiger partial charge in [0.05, 0.1) is 12.6 Å². The Kier molecular flexibility index (Phi) is 4.97. The molecule has 0 heterocycles. The Morgan fingerprint density at radius 3 is 2.74 bits per heavy atom. The van der Waals surface area contributed by atoms with E-state index >= 15 is 0 Å². The smallest absolute Gasteiger partial charge is 0.223 e. The van der Waals surface area contributed by atoms with Gasteiger partial charge in [0, 0.05) is 5.92 Å². The summed E-state index contributed by atoms with van der Waals surface area (Å²) in [6.07, 6.45) is 4.31. The molecule has 1 aromatic rings. The quantitative estimate of drug-likeness (QED) is 0.875. The first-order valence-corrected chi connectivity index (χ1v) is 7.17. The summed E-state index contributed by atoms with van der Waals surface area (Å²) in [5.41, 5.74) is 0.960. The van der Waals surface area contributed by atoms with Gasteiger partial charge in [-0.3, -0.25) is 4.79 Å². The number of hydrogen-bond donors (Lipinski definition) is 2. The van der Waals surface area contributed by atoms with E-state index in [0.29, 0.717) is 5.92 Å². The lowest BCUT2D eigenvalue weighted by Crippen LogP contribution is -2.37. The highest BCUT2D eigenvalue weighted by Gasteiger charge is 2.26. The lowest BCUT2D eigenvalue weighted by molar-refractivity contribution is -0.127. The summed E-state index contributed by atoms with van der Waals surface area (Å²) in [5, 5.41) is 12.4. The zero-order valence-electron chi connectivity index (χ0n) is 11.5. The van der Waals surface area contributed by atoms with Crippen LogP contribution in [-0.4, -0.2) is 17.6 Å². The van der Waals surface area contributed by atoms with Crippen molar-refractivity contribution in [3.8, 4) is 0 Å². The van der Waals surface area contributed by atoms with Crippen molar-refractivity contribution in [2.75, 3.05) is 6.61 Å². The van der Waals surface area contributed by atoms with Gasteiger partial charge >= 0.3 is 0 Å². The molecule has 0 spiro atoms. The van der Waals surface area contributed by atoms with Crippen LogP contribution in [0.4, 0.5) is 0 Å². The molecule has 2 N–H and O–H groups in total. The van der Waals surface area contributed by atoms with Gasteiger partial charge in [-0.2, -0.15) is 0 Å². The molecule has 2 rings (SSSR count). The molecule has 104 valence electrons. The Morgan fingerprint density at radius 2 is 2.11 bits per heavy atom. The van der Waals surface area contributed by atoms with Crippen molar-refractivity contribution < 1.29 is 9.90 Å². The van der Waals surface area contributed by atoms with Crippen molar-refractivity contribution in [1.82, 2.24) is 5.32 Å². The minimum Gasteiger partial charge on any atom is -0.394 e. The molecule has 3 nitrogen and oxygen atoms in total. The van der Waals surface area contributed by atoms with E-state index < -0.39 is 0 Å². The molecule has 1 saturated carbocycles. The SMILES string of the molecule is CC1CCCC(C(=O)N[C@H](CO)c2ccccc2)C1. The summed E-state index contributed by atoms with van der Waals surface area (Å²) in [6.45, 7) is 2.15. The predicted octanol–water partition coefficient (Wildman–Crippen LogP) is 2.66. The number of benzene rings is 1. The molecule has 0 aromatic heterocycles. The van der Waals surface area contributed by atoms with E-state index in [1.807, 2.05) is 30.3 Å². The normalized spacial score (nSPS) is 24.7. The van der Waals surface area contributed by atoms with Gasteiger partial charge in [-0.1, -0.05) is 50.1 Å². The van der Waals surface area contributed by atoms with Crippen molar-refractivity contribution in [2.45, 2.75) is 38.6 Å². The standard InChI is InChI=1S/C16H23NO2/c1-12-6-5-9-14(10-12)16(19)17-15(11-18)13-7-3-2-4-8-13/h2-4,7-8,12,14-15,18H,5-6,9-11H2,1H3,(H,17,19)/t12?,14?,15-/m1/s1. The van der Waals surface area contributed by atoms with Gasteiger partial charge < -0.3 is 10.4 Å². The van der Waals surface area contributed by atoms with E-state index in [2.05, 4.69) is 12.2 Å². The van der Waals surface area contributed by atoms with Gasteiger partial charge in [-0.05, 0) is 24.3 Å². The monoisotopic (exact) mass is 261 g/mol. The molecule has 0 saturated heterocycles. The third kappa shape index (κ3) is 3.80. The number of aliphatic hydroxyl groups excluding tert-OH is 1. The number of aliphatic hydroxyl groups is 1. The molecular formula is C16H23NO2. The van der Waals surface area contributed by atoms with Crippen LogP contribution in [0.3, 0.4) is 0 Å². The number of nitrogens with one attached hydrogen (secondary N) is 1. The highest BCUT2D eigenvalue weighted by atomic mass is 16.3. The molecule has 0 aliphatic heterocycles. The predicted molar refractivity (Wildman–Crippen MR) is 75.5 cm³/mol. The first-order chi connectivity index (χ1) is 9.20. The Hall–Kier alpha value is -1.35. The molecule has 1 aliphatic carbocycles. The van der Waals surface area contributed by atoms with Crippen molar-refractivity contribution in [1.29, 1.82) is 0 Å². The molecule has 3 atom stereocenters. The summed E-state index contributed by atoms with van der Waals surface area (Å²) in [5.74, 6) is 0.838. The van der Waals surface area contributed by atoms with Crippen molar-refractivity contribution >= 4 is 5.91 Å². The average molecular weight is 261 g/mol. The molecule has 2 unspecified atom stereocenters. The van der Waals surface area contributed by atoms with Crippen LogP contribution < -0.4 is 5.32 Å². The fourth-order valence-corrected chi connectivity index (χ4v) is 2.88. The molecule has 0 radical (unpaired) electrons. The van der Waals surface area contributed by atoms with Crippen LogP contribution in [0.15, 0.2) is 30.3 Å². The second-order valence-electron chi connectivity index (χ2n) is 5.62. The topological polar surface area (TPSA) is 49.3 Å². The average Bonchev–Trinajstić information content (AvgIpc) is 2.45. The lowest BCUT2D eigenvalue weighted by Gasteiger charge is -2.27. The number of hydrogen-bond acceptors (Lipinski definition) is 2. The molecule has 3 heteroatoms. The van der Waals surface area contributed by atoms with E-state index in [-0.39, 0.29) is 24.5 Å². The van der Waals surface area contributed by atoms with Crippen LogP contribution in [0.2, 0.25) is 0 Å². The van der Waals surface area contributed by atoms with E-state index in [1.54, 1.807) is 0 Å².